The Morgan fingerprint density at radius 1 is 1.24 bits per heavy atom. The smallest absolute Gasteiger partial charge is 0.234 e. The zero-order chi connectivity index (χ0) is 18.4. The van der Waals surface area contributed by atoms with Gasteiger partial charge in [0, 0.05) is 38.3 Å². The van der Waals surface area contributed by atoms with Crippen molar-refractivity contribution in [3.05, 3.63) is 3.95 Å². The second-order valence-corrected chi connectivity index (χ2v) is 9.06. The highest BCUT2D eigenvalue weighted by Gasteiger charge is 2.21. The molecule has 2 N–H and O–H groups in total. The Morgan fingerprint density at radius 3 is 2.48 bits per heavy atom. The first-order valence-electron chi connectivity index (χ1n) is 8.84. The molecule has 1 aromatic heterocycles. The maximum atomic E-state index is 12.0. The Labute approximate surface area is 159 Å². The van der Waals surface area contributed by atoms with E-state index in [4.69, 9.17) is 12.2 Å². The van der Waals surface area contributed by atoms with Crippen LogP contribution in [0.15, 0.2) is 0 Å². The number of aromatic nitrogens is 2. The Balaban J connectivity index is 1.78. The predicted octanol–water partition coefficient (Wildman–Crippen LogP) is 1.99. The van der Waals surface area contributed by atoms with Crippen molar-refractivity contribution in [3.8, 4) is 0 Å². The van der Waals surface area contributed by atoms with Gasteiger partial charge in [-0.15, -0.1) is 5.10 Å². The molecule has 9 heteroatoms. The molecule has 0 radical (unpaired) electrons. The molecule has 1 aliphatic rings. The molecule has 25 heavy (non-hydrogen) atoms. The summed E-state index contributed by atoms with van der Waals surface area (Å²) in [5, 5.41) is 11.7. The number of nitrogens with one attached hydrogen (secondary N) is 2. The molecule has 0 atom stereocenters. The van der Waals surface area contributed by atoms with E-state index < -0.39 is 0 Å². The van der Waals surface area contributed by atoms with Gasteiger partial charge in [0.1, 0.15) is 0 Å². The van der Waals surface area contributed by atoms with E-state index in [0.29, 0.717) is 13.2 Å². The minimum Gasteiger partial charge on any atom is -0.360 e. The molecule has 1 aliphatic heterocycles. The van der Waals surface area contributed by atoms with Crippen LogP contribution in [-0.2, 0) is 11.5 Å². The Morgan fingerprint density at radius 2 is 1.88 bits per heavy atom. The minimum atomic E-state index is -0.177. The topological polar surface area (TPSA) is 65.4 Å². The summed E-state index contributed by atoms with van der Waals surface area (Å²) in [4.78, 5) is 16.6. The van der Waals surface area contributed by atoms with Crippen LogP contribution < -0.4 is 10.6 Å². The van der Waals surface area contributed by atoms with Gasteiger partial charge in [-0.25, -0.2) is 4.68 Å². The lowest BCUT2D eigenvalue weighted by Crippen LogP contribution is -2.51. The van der Waals surface area contributed by atoms with Gasteiger partial charge in [0.05, 0.1) is 13.2 Å². The van der Waals surface area contributed by atoms with Crippen molar-refractivity contribution in [2.75, 3.05) is 44.6 Å². The third-order valence-corrected chi connectivity index (χ3v) is 5.08. The summed E-state index contributed by atoms with van der Waals surface area (Å²) in [7, 11) is 0. The normalized spacial score (nSPS) is 16.8. The largest absolute Gasteiger partial charge is 0.360 e. The third kappa shape index (κ3) is 7.01. The molecule has 0 spiro atoms. The fraction of sp³-hybridized carbons (Fsp3) is 0.812. The fourth-order valence-electron chi connectivity index (χ4n) is 2.64. The summed E-state index contributed by atoms with van der Waals surface area (Å²) in [6, 6.07) is 0. The monoisotopic (exact) mass is 386 g/mol. The second kappa shape index (κ2) is 9.07. The number of carbonyl (C=O) groups excluding carboxylic acids is 1. The summed E-state index contributed by atoms with van der Waals surface area (Å²) >= 11 is 6.93. The number of carbonyl (C=O) groups is 1. The number of rotatable bonds is 7. The Bertz CT molecular complexity index is 613. The fourth-order valence-corrected chi connectivity index (χ4v) is 3.66. The van der Waals surface area contributed by atoms with Crippen LogP contribution in [0.2, 0.25) is 0 Å². The number of hydrogen-bond donors (Lipinski definition) is 2. The maximum absolute atomic E-state index is 12.0. The lowest BCUT2D eigenvalue weighted by molar-refractivity contribution is -0.124. The lowest BCUT2D eigenvalue weighted by Gasteiger charge is -2.34. The number of hydrogen-bond acceptors (Lipinski definition) is 7. The van der Waals surface area contributed by atoms with Crippen molar-refractivity contribution in [1.82, 2.24) is 24.9 Å². The summed E-state index contributed by atoms with van der Waals surface area (Å²) < 4.78 is 2.69. The van der Waals surface area contributed by atoms with Gasteiger partial charge in [0.2, 0.25) is 11.0 Å². The lowest BCUT2D eigenvalue weighted by atomic mass is 10.1. The van der Waals surface area contributed by atoms with Crippen LogP contribution in [0.25, 0.3) is 0 Å². The molecule has 2 rings (SSSR count). The molecule has 0 bridgehead atoms. The van der Waals surface area contributed by atoms with Gasteiger partial charge in [0.25, 0.3) is 0 Å². The van der Waals surface area contributed by atoms with Crippen LogP contribution >= 0.6 is 23.6 Å². The van der Waals surface area contributed by atoms with Crippen LogP contribution in [-0.4, -0.2) is 70.3 Å². The highest BCUT2D eigenvalue weighted by atomic mass is 32.1. The first kappa shape index (κ1) is 20.3. The van der Waals surface area contributed by atoms with Gasteiger partial charge in [-0.2, -0.15) is 0 Å². The van der Waals surface area contributed by atoms with E-state index in [-0.39, 0.29) is 11.4 Å². The van der Waals surface area contributed by atoms with Crippen molar-refractivity contribution in [3.63, 3.8) is 0 Å². The van der Waals surface area contributed by atoms with Gasteiger partial charge in [-0.3, -0.25) is 14.6 Å². The highest BCUT2D eigenvalue weighted by Crippen LogP contribution is 2.15. The van der Waals surface area contributed by atoms with E-state index in [1.165, 1.54) is 11.3 Å². The van der Waals surface area contributed by atoms with E-state index in [9.17, 15) is 4.79 Å². The van der Waals surface area contributed by atoms with Gasteiger partial charge < -0.3 is 10.6 Å². The summed E-state index contributed by atoms with van der Waals surface area (Å²) in [5.41, 5.74) is -0.177. The molecule has 142 valence electrons. The number of anilines is 1. The molecular weight excluding hydrogens is 356 g/mol. The summed E-state index contributed by atoms with van der Waals surface area (Å²) in [6.07, 6.45) is 1.07. The van der Waals surface area contributed by atoms with Crippen molar-refractivity contribution in [1.29, 1.82) is 0 Å². The standard InChI is InChI=1S/C16H30N6OS2/c1-5-6-17-14-19-22(15(24)25-14)12-21-9-7-20(8-10-21)11-13(23)18-16(2,3)4/h5-12H2,1-4H3,(H,17,19)(H,18,23). The molecule has 1 amide bonds. The van der Waals surface area contributed by atoms with E-state index >= 15 is 0 Å². The van der Waals surface area contributed by atoms with Crippen molar-refractivity contribution < 1.29 is 4.79 Å². The summed E-state index contributed by atoms with van der Waals surface area (Å²) in [6.45, 7) is 13.8. The van der Waals surface area contributed by atoms with Crippen LogP contribution in [0.3, 0.4) is 0 Å². The molecule has 1 aromatic rings. The van der Waals surface area contributed by atoms with E-state index in [1.54, 1.807) is 0 Å². The molecule has 0 unspecified atom stereocenters. The molecule has 2 heterocycles. The van der Waals surface area contributed by atoms with Crippen molar-refractivity contribution >= 4 is 34.6 Å². The maximum Gasteiger partial charge on any atom is 0.234 e. The first-order chi connectivity index (χ1) is 11.8. The zero-order valence-corrected chi connectivity index (χ0v) is 17.3. The molecular formula is C16H30N6OS2. The molecule has 1 saturated heterocycles. The second-order valence-electron chi connectivity index (χ2n) is 7.43. The Hall–Kier alpha value is -1.03. The highest BCUT2D eigenvalue weighted by molar-refractivity contribution is 7.73. The third-order valence-electron chi connectivity index (χ3n) is 3.81. The molecule has 0 aliphatic carbocycles. The minimum absolute atomic E-state index is 0.0920. The molecule has 7 nitrogen and oxygen atoms in total. The van der Waals surface area contributed by atoms with Crippen LogP contribution in [0, 0.1) is 3.95 Å². The van der Waals surface area contributed by atoms with Crippen molar-refractivity contribution in [2.45, 2.75) is 46.3 Å². The number of amides is 1. The Kier molecular flexibility index (Phi) is 7.36. The van der Waals surface area contributed by atoms with E-state index in [1.807, 2.05) is 25.5 Å². The van der Waals surface area contributed by atoms with E-state index in [0.717, 1.165) is 48.2 Å². The van der Waals surface area contributed by atoms with Gasteiger partial charge in [0.15, 0.2) is 3.95 Å². The average Bonchev–Trinajstić information content (AvgIpc) is 2.85. The molecule has 1 fully saturated rings. The quantitative estimate of drug-likeness (QED) is 0.699. The van der Waals surface area contributed by atoms with Crippen molar-refractivity contribution in [2.24, 2.45) is 0 Å². The molecule has 0 saturated carbocycles. The predicted molar refractivity (Wildman–Crippen MR) is 106 cm³/mol. The number of nitrogens with zero attached hydrogens (tertiary/aromatic N) is 4. The first-order valence-corrected chi connectivity index (χ1v) is 10.1. The van der Waals surface area contributed by atoms with Gasteiger partial charge in [-0.1, -0.05) is 18.3 Å². The number of piperazine rings is 1. The van der Waals surface area contributed by atoms with Crippen LogP contribution in [0.5, 0.6) is 0 Å². The van der Waals surface area contributed by atoms with Crippen LogP contribution in [0.4, 0.5) is 5.13 Å². The SMILES string of the molecule is CCCNc1nn(CN2CCN(CC(=O)NC(C)(C)C)CC2)c(=S)s1. The van der Waals surface area contributed by atoms with Crippen LogP contribution in [0.1, 0.15) is 34.1 Å². The van der Waals surface area contributed by atoms with Gasteiger partial charge >= 0.3 is 0 Å². The van der Waals surface area contributed by atoms with E-state index in [2.05, 4.69) is 32.5 Å². The van der Waals surface area contributed by atoms with Gasteiger partial charge in [-0.05, 0) is 39.4 Å². The zero-order valence-electron chi connectivity index (χ0n) is 15.7. The summed E-state index contributed by atoms with van der Waals surface area (Å²) in [5.74, 6) is 0.0920. The average molecular weight is 387 g/mol. The molecule has 0 aromatic carbocycles.